The van der Waals surface area contributed by atoms with Crippen molar-refractivity contribution in [2.45, 2.75) is 5.75 Å². The summed E-state index contributed by atoms with van der Waals surface area (Å²) in [5.74, 6) is -0.342. The number of fused-ring (bicyclic) bond motifs is 1. The van der Waals surface area contributed by atoms with Crippen LogP contribution in [0.25, 0.3) is 10.3 Å². The maximum absolute atomic E-state index is 11.0. The molecule has 0 bridgehead atoms. The van der Waals surface area contributed by atoms with Crippen molar-refractivity contribution in [2.75, 3.05) is 0 Å². The van der Waals surface area contributed by atoms with E-state index in [9.17, 15) is 13.2 Å². The number of halogens is 1. The minimum absolute atomic E-state index is 0.303. The summed E-state index contributed by atoms with van der Waals surface area (Å²) in [6.45, 7) is 0. The zero-order valence-electron chi connectivity index (χ0n) is 7.27. The van der Waals surface area contributed by atoms with Gasteiger partial charge in [-0.25, -0.2) is 13.2 Å². The van der Waals surface area contributed by atoms with E-state index in [1.165, 1.54) is 0 Å². The molecular weight excluding hydrogens is 260 g/mol. The molecule has 1 aromatic heterocycles. The summed E-state index contributed by atoms with van der Waals surface area (Å²) >= 11 is 0.932. The Balaban J connectivity index is 2.65. The molecule has 0 unspecified atom stereocenters. The second kappa shape index (κ2) is 3.62. The number of hydrogen-bond acceptors (Lipinski definition) is 5. The average molecular weight is 265 g/mol. The molecule has 1 heterocycles. The molecule has 0 atom stereocenters. The van der Waals surface area contributed by atoms with E-state index in [1.807, 2.05) is 0 Å². The minimum atomic E-state index is -3.64. The molecule has 0 aliphatic carbocycles. The second-order valence-corrected chi connectivity index (χ2v) is 6.64. The van der Waals surface area contributed by atoms with Crippen molar-refractivity contribution >= 4 is 41.4 Å². The molecule has 15 heavy (non-hydrogen) atoms. The van der Waals surface area contributed by atoms with E-state index in [4.69, 9.17) is 15.1 Å². The lowest BCUT2D eigenvalue weighted by atomic mass is 10.2. The summed E-state index contributed by atoms with van der Waals surface area (Å²) in [7, 11) is 1.49. The fraction of sp³-hybridized carbons (Fsp3) is 0.125. The molecule has 7 heteroatoms. The molecular formula is C8H5ClO4S2. The van der Waals surface area contributed by atoms with Gasteiger partial charge in [-0.15, -0.1) is 0 Å². The summed E-state index contributed by atoms with van der Waals surface area (Å²) in [4.78, 5) is 10.5. The largest absolute Gasteiger partial charge is 0.414 e. The van der Waals surface area contributed by atoms with Gasteiger partial charge >= 0.3 is 4.94 Å². The maximum Gasteiger partial charge on any atom is 0.396 e. The highest BCUT2D eigenvalue weighted by atomic mass is 35.7. The normalized spacial score (nSPS) is 12.1. The Morgan fingerprint density at radius 1 is 1.40 bits per heavy atom. The summed E-state index contributed by atoms with van der Waals surface area (Å²) in [5.41, 5.74) is 0.706. The number of hydrogen-bond donors (Lipinski definition) is 0. The van der Waals surface area contributed by atoms with Crippen LogP contribution in [0.2, 0.25) is 0 Å². The molecule has 2 aromatic rings. The van der Waals surface area contributed by atoms with E-state index in [-0.39, 0.29) is 5.75 Å². The van der Waals surface area contributed by atoms with Gasteiger partial charge in [0.25, 0.3) is 0 Å². The van der Waals surface area contributed by atoms with Crippen molar-refractivity contribution in [3.63, 3.8) is 0 Å². The van der Waals surface area contributed by atoms with Crippen LogP contribution in [0.3, 0.4) is 0 Å². The van der Waals surface area contributed by atoms with Crippen molar-refractivity contribution in [3.8, 4) is 0 Å². The molecule has 2 rings (SSSR count). The highest BCUT2D eigenvalue weighted by molar-refractivity contribution is 8.13. The van der Waals surface area contributed by atoms with Crippen molar-refractivity contribution in [1.82, 2.24) is 0 Å². The zero-order valence-corrected chi connectivity index (χ0v) is 9.66. The highest BCUT2D eigenvalue weighted by Gasteiger charge is 2.13. The molecule has 0 N–H and O–H groups in total. The van der Waals surface area contributed by atoms with Crippen LogP contribution in [-0.4, -0.2) is 8.42 Å². The molecule has 80 valence electrons. The van der Waals surface area contributed by atoms with Crippen molar-refractivity contribution in [3.05, 3.63) is 33.5 Å². The number of rotatable bonds is 2. The molecule has 0 aliphatic rings. The van der Waals surface area contributed by atoms with Crippen molar-refractivity contribution in [1.29, 1.82) is 0 Å². The van der Waals surface area contributed by atoms with Crippen LogP contribution < -0.4 is 4.94 Å². The monoisotopic (exact) mass is 264 g/mol. The van der Waals surface area contributed by atoms with Gasteiger partial charge in [0.1, 0.15) is 0 Å². The van der Waals surface area contributed by atoms with E-state index in [0.29, 0.717) is 15.8 Å². The third-order valence-electron chi connectivity index (χ3n) is 1.77. The van der Waals surface area contributed by atoms with Gasteiger partial charge in [0.2, 0.25) is 9.05 Å². The molecule has 4 nitrogen and oxygen atoms in total. The van der Waals surface area contributed by atoms with Gasteiger partial charge in [0, 0.05) is 16.2 Å². The predicted octanol–water partition coefficient (Wildman–Crippen LogP) is 1.92. The van der Waals surface area contributed by atoms with Gasteiger partial charge in [-0.05, 0) is 6.07 Å². The standard InChI is InChI=1S/C8H5ClO4S2/c9-15(11,12)4-5-2-1-3-6-7(5)13-8(10)14-6/h1-3H,4H2. The molecule has 0 fully saturated rings. The van der Waals surface area contributed by atoms with Crippen LogP contribution >= 0.6 is 22.0 Å². The van der Waals surface area contributed by atoms with E-state index >= 15 is 0 Å². The van der Waals surface area contributed by atoms with E-state index in [1.54, 1.807) is 18.2 Å². The Morgan fingerprint density at radius 3 is 2.80 bits per heavy atom. The smallest absolute Gasteiger partial charge is 0.396 e. The van der Waals surface area contributed by atoms with Gasteiger partial charge in [-0.2, -0.15) is 0 Å². The molecule has 0 amide bonds. The lowest BCUT2D eigenvalue weighted by molar-refractivity contribution is 0.580. The summed E-state index contributed by atoms with van der Waals surface area (Å²) in [6.07, 6.45) is 0. The second-order valence-electron chi connectivity index (χ2n) is 2.88. The Bertz CT molecular complexity index is 653. The van der Waals surface area contributed by atoms with Crippen LogP contribution in [-0.2, 0) is 14.8 Å². The quantitative estimate of drug-likeness (QED) is 0.778. The third kappa shape index (κ3) is 2.39. The Hall–Kier alpha value is -0.850. The zero-order chi connectivity index (χ0) is 11.1. The molecule has 0 aliphatic heterocycles. The lowest BCUT2D eigenvalue weighted by Gasteiger charge is -1.97. The van der Waals surface area contributed by atoms with Crippen molar-refractivity contribution < 1.29 is 12.8 Å². The van der Waals surface area contributed by atoms with E-state index < -0.39 is 14.0 Å². The van der Waals surface area contributed by atoms with Crippen LogP contribution in [0.1, 0.15) is 5.56 Å². The Morgan fingerprint density at radius 2 is 2.13 bits per heavy atom. The lowest BCUT2D eigenvalue weighted by Crippen LogP contribution is -1.95. The van der Waals surface area contributed by atoms with E-state index in [0.717, 1.165) is 11.3 Å². The van der Waals surface area contributed by atoms with Gasteiger partial charge < -0.3 is 4.42 Å². The summed E-state index contributed by atoms with van der Waals surface area (Å²) in [5, 5.41) is 0. The first-order valence-corrected chi connectivity index (χ1v) is 7.19. The fourth-order valence-corrected chi connectivity index (χ4v) is 2.92. The molecule has 0 saturated carbocycles. The first-order valence-electron chi connectivity index (χ1n) is 3.89. The third-order valence-corrected chi connectivity index (χ3v) is 3.54. The first-order chi connectivity index (χ1) is 6.96. The van der Waals surface area contributed by atoms with Crippen molar-refractivity contribution in [2.24, 2.45) is 0 Å². The van der Waals surface area contributed by atoms with Crippen LogP contribution in [0, 0.1) is 0 Å². The van der Waals surface area contributed by atoms with Gasteiger partial charge in [-0.3, -0.25) is 0 Å². The topological polar surface area (TPSA) is 64.3 Å². The Kier molecular flexibility index (Phi) is 2.57. The van der Waals surface area contributed by atoms with E-state index in [2.05, 4.69) is 0 Å². The van der Waals surface area contributed by atoms with Gasteiger partial charge in [-0.1, -0.05) is 23.5 Å². The average Bonchev–Trinajstić information content (AvgIpc) is 2.43. The predicted molar refractivity (Wildman–Crippen MR) is 58.8 cm³/mol. The molecule has 0 radical (unpaired) electrons. The molecule has 0 saturated heterocycles. The number of benzene rings is 1. The highest BCUT2D eigenvalue weighted by Crippen LogP contribution is 2.23. The van der Waals surface area contributed by atoms with Crippen LogP contribution in [0.15, 0.2) is 27.4 Å². The van der Waals surface area contributed by atoms with Gasteiger partial charge in [0.15, 0.2) is 5.58 Å². The Labute approximate surface area is 93.5 Å². The minimum Gasteiger partial charge on any atom is -0.414 e. The van der Waals surface area contributed by atoms with Crippen LogP contribution in [0.5, 0.6) is 0 Å². The first kappa shape index (κ1) is 10.7. The fourth-order valence-electron chi connectivity index (χ4n) is 1.25. The molecule has 0 spiro atoms. The summed E-state index contributed by atoms with van der Waals surface area (Å²) < 4.78 is 27.3. The van der Waals surface area contributed by atoms with Gasteiger partial charge in [0.05, 0.1) is 10.5 Å². The number of para-hydroxylation sites is 1. The molecule has 1 aromatic carbocycles. The SMILES string of the molecule is O=c1oc2c(CS(=O)(=O)Cl)cccc2s1. The summed E-state index contributed by atoms with van der Waals surface area (Å²) in [6, 6.07) is 4.92. The van der Waals surface area contributed by atoms with Crippen LogP contribution in [0.4, 0.5) is 0 Å². The maximum atomic E-state index is 11.0.